The molecule has 1 aromatic carbocycles. The second-order valence-electron chi connectivity index (χ2n) is 5.37. The number of piperidine rings is 1. The molecule has 2 unspecified atom stereocenters. The van der Waals surface area contributed by atoms with Gasteiger partial charge in [-0.15, -0.1) is 0 Å². The fourth-order valence-corrected chi connectivity index (χ4v) is 3.86. The molecule has 2 nitrogen and oxygen atoms in total. The smallest absolute Gasteiger partial charge is 0.0889 e. The van der Waals surface area contributed by atoms with Gasteiger partial charge in [0.25, 0.3) is 0 Å². The van der Waals surface area contributed by atoms with Crippen LogP contribution in [0.4, 0.5) is 5.69 Å². The Labute approximate surface area is 97.6 Å². The predicted octanol–water partition coefficient (Wildman–Crippen LogP) is 2.41. The summed E-state index contributed by atoms with van der Waals surface area (Å²) in [5, 5.41) is 3.51. The number of hydrogen-bond donors (Lipinski definition) is 1. The highest BCUT2D eigenvalue weighted by Crippen LogP contribution is 2.51. The fourth-order valence-electron chi connectivity index (χ4n) is 3.86. The number of hydrogen-bond acceptors (Lipinski definition) is 2. The summed E-state index contributed by atoms with van der Waals surface area (Å²) in [4.78, 5) is 2.55. The molecule has 2 aliphatic heterocycles. The molecule has 2 aliphatic rings. The summed E-state index contributed by atoms with van der Waals surface area (Å²) in [7, 11) is 2.09. The number of anilines is 1. The summed E-state index contributed by atoms with van der Waals surface area (Å²) in [6.07, 6.45) is 3.09. The first-order chi connectivity index (χ1) is 7.68. The second kappa shape index (κ2) is 3.24. The van der Waals surface area contributed by atoms with Crippen molar-refractivity contribution in [1.29, 1.82) is 0 Å². The molecule has 0 radical (unpaired) electrons. The SMILES string of the molecule is CNC1N2CCCC1(C)c1c(C)cccc12. The first-order valence-electron chi connectivity index (χ1n) is 6.22. The molecule has 1 aromatic rings. The van der Waals surface area contributed by atoms with Gasteiger partial charge in [-0.1, -0.05) is 19.1 Å². The third-order valence-corrected chi connectivity index (χ3v) is 4.42. The number of aryl methyl sites for hydroxylation is 1. The zero-order valence-electron chi connectivity index (χ0n) is 10.4. The highest BCUT2D eigenvalue weighted by molar-refractivity contribution is 5.67. The minimum atomic E-state index is 0.299. The monoisotopic (exact) mass is 216 g/mol. The predicted molar refractivity (Wildman–Crippen MR) is 68.0 cm³/mol. The molecule has 86 valence electrons. The Bertz CT molecular complexity index is 427. The standard InChI is InChI=1S/C14H20N2/c1-10-6-4-7-11-12(10)14(2)8-5-9-16(11)13(14)15-3/h4,6-7,13,15H,5,8-9H2,1-3H3. The summed E-state index contributed by atoms with van der Waals surface area (Å²) in [5.41, 5.74) is 4.78. The van der Waals surface area contributed by atoms with Crippen molar-refractivity contribution >= 4 is 5.69 Å². The van der Waals surface area contributed by atoms with Gasteiger partial charge < -0.3 is 4.90 Å². The zero-order chi connectivity index (χ0) is 11.3. The van der Waals surface area contributed by atoms with Crippen molar-refractivity contribution in [2.24, 2.45) is 0 Å². The van der Waals surface area contributed by atoms with Crippen LogP contribution < -0.4 is 10.2 Å². The van der Waals surface area contributed by atoms with E-state index in [-0.39, 0.29) is 0 Å². The van der Waals surface area contributed by atoms with Gasteiger partial charge in [-0.2, -0.15) is 0 Å². The van der Waals surface area contributed by atoms with Crippen LogP contribution in [0, 0.1) is 6.92 Å². The van der Waals surface area contributed by atoms with Crippen molar-refractivity contribution in [2.45, 2.75) is 38.3 Å². The van der Waals surface area contributed by atoms with Gasteiger partial charge in [0, 0.05) is 17.6 Å². The normalized spacial score (nSPS) is 31.7. The lowest BCUT2D eigenvalue weighted by molar-refractivity contribution is 0.282. The molecule has 16 heavy (non-hydrogen) atoms. The molecule has 0 saturated carbocycles. The van der Waals surface area contributed by atoms with Crippen LogP contribution in [0.25, 0.3) is 0 Å². The van der Waals surface area contributed by atoms with Crippen LogP contribution in [0.1, 0.15) is 30.9 Å². The van der Waals surface area contributed by atoms with Crippen molar-refractivity contribution in [3.05, 3.63) is 29.3 Å². The Hall–Kier alpha value is -1.02. The van der Waals surface area contributed by atoms with E-state index in [1.54, 1.807) is 5.56 Å². The molecule has 3 rings (SSSR count). The molecule has 2 bridgehead atoms. The maximum Gasteiger partial charge on any atom is 0.0889 e. The van der Waals surface area contributed by atoms with Crippen molar-refractivity contribution in [2.75, 3.05) is 18.5 Å². The van der Waals surface area contributed by atoms with Gasteiger partial charge in [-0.25, -0.2) is 0 Å². The molecule has 0 aliphatic carbocycles. The van der Waals surface area contributed by atoms with Crippen LogP contribution in [0.5, 0.6) is 0 Å². The number of nitrogens with zero attached hydrogens (tertiary/aromatic N) is 1. The van der Waals surface area contributed by atoms with Gasteiger partial charge in [-0.05, 0) is 44.0 Å². The van der Waals surface area contributed by atoms with E-state index in [4.69, 9.17) is 0 Å². The van der Waals surface area contributed by atoms with Gasteiger partial charge in [0.15, 0.2) is 0 Å². The van der Waals surface area contributed by atoms with E-state index in [9.17, 15) is 0 Å². The van der Waals surface area contributed by atoms with E-state index in [0.717, 1.165) is 0 Å². The Kier molecular flexibility index (Phi) is 2.05. The largest absolute Gasteiger partial charge is 0.355 e. The van der Waals surface area contributed by atoms with Crippen LogP contribution in [0.3, 0.4) is 0 Å². The molecular formula is C14H20N2. The highest BCUT2D eigenvalue weighted by Gasteiger charge is 2.49. The molecule has 2 heterocycles. The van der Waals surface area contributed by atoms with Gasteiger partial charge in [0.2, 0.25) is 0 Å². The van der Waals surface area contributed by atoms with Crippen LogP contribution >= 0.6 is 0 Å². The topological polar surface area (TPSA) is 15.3 Å². The molecule has 1 N–H and O–H groups in total. The number of rotatable bonds is 1. The second-order valence-corrected chi connectivity index (χ2v) is 5.37. The van der Waals surface area contributed by atoms with Crippen molar-refractivity contribution in [3.8, 4) is 0 Å². The summed E-state index contributed by atoms with van der Waals surface area (Å²) in [6.45, 7) is 5.86. The average Bonchev–Trinajstić information content (AvgIpc) is 2.40. The summed E-state index contributed by atoms with van der Waals surface area (Å²) >= 11 is 0. The van der Waals surface area contributed by atoms with Gasteiger partial charge in [0.05, 0.1) is 6.17 Å². The molecule has 0 aromatic heterocycles. The van der Waals surface area contributed by atoms with Crippen molar-refractivity contribution < 1.29 is 0 Å². The van der Waals surface area contributed by atoms with E-state index in [1.807, 2.05) is 0 Å². The first-order valence-corrected chi connectivity index (χ1v) is 6.22. The summed E-state index contributed by atoms with van der Waals surface area (Å²) < 4.78 is 0. The van der Waals surface area contributed by atoms with E-state index in [0.29, 0.717) is 11.6 Å². The number of nitrogens with one attached hydrogen (secondary N) is 1. The Morgan fingerprint density at radius 1 is 1.44 bits per heavy atom. The number of likely N-dealkylation sites (N-methyl/N-ethyl adjacent to an activating group) is 1. The Morgan fingerprint density at radius 3 is 3.00 bits per heavy atom. The molecule has 0 spiro atoms. The average molecular weight is 216 g/mol. The lowest BCUT2D eigenvalue weighted by Gasteiger charge is -2.41. The van der Waals surface area contributed by atoms with E-state index < -0.39 is 0 Å². The van der Waals surface area contributed by atoms with Crippen LogP contribution in [-0.2, 0) is 5.41 Å². The summed E-state index contributed by atoms with van der Waals surface area (Å²) in [5.74, 6) is 0. The highest BCUT2D eigenvalue weighted by atomic mass is 15.3. The lowest BCUT2D eigenvalue weighted by atomic mass is 9.75. The van der Waals surface area contributed by atoms with Crippen molar-refractivity contribution in [1.82, 2.24) is 5.32 Å². The van der Waals surface area contributed by atoms with E-state index >= 15 is 0 Å². The van der Waals surface area contributed by atoms with Gasteiger partial charge in [-0.3, -0.25) is 5.32 Å². The molecule has 2 heteroatoms. The minimum absolute atomic E-state index is 0.299. The Balaban J connectivity index is 2.24. The molecule has 2 atom stereocenters. The van der Waals surface area contributed by atoms with E-state index in [1.165, 1.54) is 30.6 Å². The molecule has 1 fully saturated rings. The van der Waals surface area contributed by atoms with E-state index in [2.05, 4.69) is 49.3 Å². The maximum absolute atomic E-state index is 3.51. The van der Waals surface area contributed by atoms with Gasteiger partial charge >= 0.3 is 0 Å². The Morgan fingerprint density at radius 2 is 2.25 bits per heavy atom. The van der Waals surface area contributed by atoms with Crippen molar-refractivity contribution in [3.63, 3.8) is 0 Å². The third kappa shape index (κ3) is 1.06. The summed E-state index contributed by atoms with van der Waals surface area (Å²) in [6, 6.07) is 6.72. The van der Waals surface area contributed by atoms with Crippen LogP contribution in [-0.4, -0.2) is 19.8 Å². The van der Waals surface area contributed by atoms with Crippen LogP contribution in [0.15, 0.2) is 18.2 Å². The quantitative estimate of drug-likeness (QED) is 0.775. The number of fused-ring (bicyclic) bond motifs is 5. The third-order valence-electron chi connectivity index (χ3n) is 4.42. The molecular weight excluding hydrogens is 196 g/mol. The fraction of sp³-hybridized carbons (Fsp3) is 0.571. The minimum Gasteiger partial charge on any atom is -0.355 e. The molecule has 0 amide bonds. The maximum atomic E-state index is 3.51. The molecule has 1 saturated heterocycles. The number of benzene rings is 1. The lowest BCUT2D eigenvalue weighted by Crippen LogP contribution is -2.55. The van der Waals surface area contributed by atoms with Crippen LogP contribution in [0.2, 0.25) is 0 Å². The first kappa shape index (κ1) is 10.2. The zero-order valence-corrected chi connectivity index (χ0v) is 10.4. The van der Waals surface area contributed by atoms with Gasteiger partial charge in [0.1, 0.15) is 0 Å².